The Labute approximate surface area is 106 Å². The first-order valence-corrected chi connectivity index (χ1v) is 5.97. The number of non-ortho nitro benzene ring substituents is 1. The smallest absolute Gasteiger partial charge is 0.273 e. The molecular formula is C12H19N3O3. The summed E-state index contributed by atoms with van der Waals surface area (Å²) in [7, 11) is 0. The highest BCUT2D eigenvalue weighted by molar-refractivity contribution is 5.63. The molecule has 3 N–H and O–H groups in total. The van der Waals surface area contributed by atoms with Crippen molar-refractivity contribution in [3.05, 3.63) is 28.3 Å². The standard InChI is InChI=1S/C12H19N3O3/c1-3-4-13-10-5-11(14-9(2)8-16)7-12(6-10)15(17)18/h5-7,9,13-14,16H,3-4,8H2,1-2H3. The number of nitrogens with zero attached hydrogens (tertiary/aromatic N) is 1. The molecular weight excluding hydrogens is 234 g/mol. The minimum absolute atomic E-state index is 0.0274. The average Bonchev–Trinajstić information content (AvgIpc) is 2.35. The Hall–Kier alpha value is -1.82. The van der Waals surface area contributed by atoms with Crippen molar-refractivity contribution in [2.45, 2.75) is 26.3 Å². The summed E-state index contributed by atoms with van der Waals surface area (Å²) in [6.07, 6.45) is 0.943. The van der Waals surface area contributed by atoms with E-state index >= 15 is 0 Å². The molecule has 0 aliphatic heterocycles. The third-order valence-electron chi connectivity index (χ3n) is 2.39. The number of benzene rings is 1. The Bertz CT molecular complexity index is 410. The van der Waals surface area contributed by atoms with E-state index in [-0.39, 0.29) is 18.3 Å². The first-order valence-electron chi connectivity index (χ1n) is 5.97. The summed E-state index contributed by atoms with van der Waals surface area (Å²) in [6, 6.07) is 4.62. The zero-order chi connectivity index (χ0) is 13.5. The van der Waals surface area contributed by atoms with Gasteiger partial charge in [-0.25, -0.2) is 0 Å². The van der Waals surface area contributed by atoms with E-state index in [1.54, 1.807) is 13.0 Å². The fourth-order valence-electron chi connectivity index (χ4n) is 1.50. The number of rotatable bonds is 7. The van der Waals surface area contributed by atoms with Gasteiger partial charge in [-0.2, -0.15) is 0 Å². The fourth-order valence-corrected chi connectivity index (χ4v) is 1.50. The number of hydrogen-bond acceptors (Lipinski definition) is 5. The third-order valence-corrected chi connectivity index (χ3v) is 2.39. The summed E-state index contributed by atoms with van der Waals surface area (Å²) in [5.41, 5.74) is 1.37. The Morgan fingerprint density at radius 3 is 2.61 bits per heavy atom. The van der Waals surface area contributed by atoms with Gasteiger partial charge in [0, 0.05) is 36.1 Å². The van der Waals surface area contributed by atoms with E-state index in [1.807, 2.05) is 6.92 Å². The highest BCUT2D eigenvalue weighted by atomic mass is 16.6. The van der Waals surface area contributed by atoms with Crippen LogP contribution in [0.15, 0.2) is 18.2 Å². The molecule has 6 nitrogen and oxygen atoms in total. The molecule has 0 spiro atoms. The van der Waals surface area contributed by atoms with Gasteiger partial charge in [-0.05, 0) is 19.4 Å². The zero-order valence-corrected chi connectivity index (χ0v) is 10.6. The van der Waals surface area contributed by atoms with Gasteiger partial charge in [0.05, 0.1) is 11.5 Å². The second kappa shape index (κ2) is 6.80. The Morgan fingerprint density at radius 1 is 1.39 bits per heavy atom. The molecule has 0 aliphatic rings. The molecule has 6 heteroatoms. The molecule has 0 fully saturated rings. The van der Waals surface area contributed by atoms with Crippen molar-refractivity contribution in [2.75, 3.05) is 23.8 Å². The third kappa shape index (κ3) is 4.21. The zero-order valence-electron chi connectivity index (χ0n) is 10.6. The lowest BCUT2D eigenvalue weighted by Gasteiger charge is -2.14. The van der Waals surface area contributed by atoms with Crippen LogP contribution in [0.25, 0.3) is 0 Å². The first-order chi connectivity index (χ1) is 8.56. The molecule has 1 unspecified atom stereocenters. The van der Waals surface area contributed by atoms with E-state index in [0.29, 0.717) is 11.4 Å². The van der Waals surface area contributed by atoms with E-state index < -0.39 is 4.92 Å². The van der Waals surface area contributed by atoms with Crippen LogP contribution < -0.4 is 10.6 Å². The number of nitrogens with one attached hydrogen (secondary N) is 2. The number of aliphatic hydroxyl groups excluding tert-OH is 1. The highest BCUT2D eigenvalue weighted by Gasteiger charge is 2.10. The van der Waals surface area contributed by atoms with Crippen LogP contribution in [0.3, 0.4) is 0 Å². The van der Waals surface area contributed by atoms with Gasteiger partial charge >= 0.3 is 0 Å². The van der Waals surface area contributed by atoms with Crippen LogP contribution >= 0.6 is 0 Å². The molecule has 0 saturated heterocycles. The fraction of sp³-hybridized carbons (Fsp3) is 0.500. The summed E-state index contributed by atoms with van der Waals surface area (Å²) >= 11 is 0. The summed E-state index contributed by atoms with van der Waals surface area (Å²) in [5, 5.41) is 25.9. The van der Waals surface area contributed by atoms with Gasteiger partial charge in [0.15, 0.2) is 0 Å². The average molecular weight is 253 g/mol. The van der Waals surface area contributed by atoms with Crippen molar-refractivity contribution in [3.8, 4) is 0 Å². The highest BCUT2D eigenvalue weighted by Crippen LogP contribution is 2.24. The molecule has 1 aromatic carbocycles. The second-order valence-corrected chi connectivity index (χ2v) is 4.18. The number of hydrogen-bond donors (Lipinski definition) is 3. The first kappa shape index (κ1) is 14.2. The van der Waals surface area contributed by atoms with Crippen LogP contribution in [0, 0.1) is 10.1 Å². The molecule has 18 heavy (non-hydrogen) atoms. The monoisotopic (exact) mass is 253 g/mol. The van der Waals surface area contributed by atoms with Crippen LogP contribution in [-0.4, -0.2) is 29.2 Å². The maximum absolute atomic E-state index is 10.8. The number of aliphatic hydroxyl groups is 1. The lowest BCUT2D eigenvalue weighted by atomic mass is 10.2. The van der Waals surface area contributed by atoms with Crippen molar-refractivity contribution in [1.82, 2.24) is 0 Å². The van der Waals surface area contributed by atoms with Crippen LogP contribution in [-0.2, 0) is 0 Å². The van der Waals surface area contributed by atoms with Gasteiger partial charge in [-0.15, -0.1) is 0 Å². The SMILES string of the molecule is CCCNc1cc(NC(C)CO)cc([N+](=O)[O-])c1. The summed E-state index contributed by atoms with van der Waals surface area (Å²) in [4.78, 5) is 10.4. The molecule has 0 radical (unpaired) electrons. The van der Waals surface area contributed by atoms with Crippen molar-refractivity contribution in [2.24, 2.45) is 0 Å². The molecule has 0 aliphatic carbocycles. The van der Waals surface area contributed by atoms with Crippen LogP contribution in [0.2, 0.25) is 0 Å². The van der Waals surface area contributed by atoms with Crippen molar-refractivity contribution in [1.29, 1.82) is 0 Å². The van der Waals surface area contributed by atoms with Crippen molar-refractivity contribution < 1.29 is 10.0 Å². The molecule has 100 valence electrons. The molecule has 1 rings (SSSR count). The van der Waals surface area contributed by atoms with Crippen LogP contribution in [0.1, 0.15) is 20.3 Å². The van der Waals surface area contributed by atoms with Gasteiger partial charge in [-0.1, -0.05) is 6.92 Å². The lowest BCUT2D eigenvalue weighted by molar-refractivity contribution is -0.384. The molecule has 0 saturated carbocycles. The predicted molar refractivity (Wildman–Crippen MR) is 72.0 cm³/mol. The lowest BCUT2D eigenvalue weighted by Crippen LogP contribution is -2.19. The quantitative estimate of drug-likeness (QED) is 0.512. The molecule has 0 heterocycles. The van der Waals surface area contributed by atoms with Crippen molar-refractivity contribution >= 4 is 17.1 Å². The van der Waals surface area contributed by atoms with Gasteiger partial charge in [-0.3, -0.25) is 10.1 Å². The minimum atomic E-state index is -0.425. The normalized spacial score (nSPS) is 11.9. The summed E-state index contributed by atoms with van der Waals surface area (Å²) in [6.45, 7) is 4.56. The maximum Gasteiger partial charge on any atom is 0.273 e. The second-order valence-electron chi connectivity index (χ2n) is 4.18. The molecule has 1 atom stereocenters. The number of anilines is 2. The minimum Gasteiger partial charge on any atom is -0.394 e. The van der Waals surface area contributed by atoms with E-state index in [2.05, 4.69) is 10.6 Å². The Balaban J connectivity index is 2.94. The van der Waals surface area contributed by atoms with E-state index in [1.165, 1.54) is 12.1 Å². The topological polar surface area (TPSA) is 87.4 Å². The molecule has 0 aromatic heterocycles. The van der Waals surface area contributed by atoms with Crippen LogP contribution in [0.5, 0.6) is 0 Å². The van der Waals surface area contributed by atoms with E-state index in [4.69, 9.17) is 5.11 Å². The largest absolute Gasteiger partial charge is 0.394 e. The van der Waals surface area contributed by atoms with Crippen LogP contribution in [0.4, 0.5) is 17.1 Å². The molecule has 0 amide bonds. The predicted octanol–water partition coefficient (Wildman–Crippen LogP) is 2.21. The van der Waals surface area contributed by atoms with E-state index in [0.717, 1.165) is 13.0 Å². The Kier molecular flexibility index (Phi) is 5.38. The van der Waals surface area contributed by atoms with Gasteiger partial charge in [0.1, 0.15) is 0 Å². The molecule has 1 aromatic rings. The van der Waals surface area contributed by atoms with Gasteiger partial charge in [0.25, 0.3) is 5.69 Å². The maximum atomic E-state index is 10.8. The summed E-state index contributed by atoms with van der Waals surface area (Å²) < 4.78 is 0. The molecule has 0 bridgehead atoms. The number of nitro benzene ring substituents is 1. The Morgan fingerprint density at radius 2 is 2.06 bits per heavy atom. The van der Waals surface area contributed by atoms with E-state index in [9.17, 15) is 10.1 Å². The van der Waals surface area contributed by atoms with Gasteiger partial charge < -0.3 is 15.7 Å². The van der Waals surface area contributed by atoms with Gasteiger partial charge in [0.2, 0.25) is 0 Å². The number of nitro groups is 1. The van der Waals surface area contributed by atoms with Crippen molar-refractivity contribution in [3.63, 3.8) is 0 Å². The summed E-state index contributed by atoms with van der Waals surface area (Å²) in [5.74, 6) is 0.